The number of carbonyl (C=O) groups is 1. The second kappa shape index (κ2) is 7.63. The van der Waals surface area contributed by atoms with Crippen molar-refractivity contribution in [3.05, 3.63) is 53.8 Å². The molecule has 0 bridgehead atoms. The predicted molar refractivity (Wildman–Crippen MR) is 103 cm³/mol. The number of carbonyl (C=O) groups excluding carboxylic acids is 1. The summed E-state index contributed by atoms with van der Waals surface area (Å²) in [5.41, 5.74) is 1.62. The fourth-order valence-corrected chi connectivity index (χ4v) is 4.16. The van der Waals surface area contributed by atoms with E-state index in [1.54, 1.807) is 19.2 Å². The van der Waals surface area contributed by atoms with Crippen LogP contribution in [0.25, 0.3) is 11.4 Å². The van der Waals surface area contributed by atoms with Crippen LogP contribution in [0, 0.1) is 5.82 Å². The zero-order valence-electron chi connectivity index (χ0n) is 15.4. The molecule has 28 heavy (non-hydrogen) atoms. The Morgan fingerprint density at radius 1 is 1.21 bits per heavy atom. The van der Waals surface area contributed by atoms with Gasteiger partial charge in [0.05, 0.1) is 13.7 Å². The van der Waals surface area contributed by atoms with Gasteiger partial charge in [-0.25, -0.2) is 9.37 Å². The van der Waals surface area contributed by atoms with Gasteiger partial charge >= 0.3 is 0 Å². The average molecular weight is 399 g/mol. The van der Waals surface area contributed by atoms with E-state index in [-0.39, 0.29) is 17.0 Å². The Balaban J connectivity index is 1.63. The highest BCUT2D eigenvalue weighted by molar-refractivity contribution is 7.99. The summed E-state index contributed by atoms with van der Waals surface area (Å²) in [6, 6.07) is 11.6. The minimum atomic E-state index is -0.331. The highest BCUT2D eigenvalue weighted by atomic mass is 32.2. The Morgan fingerprint density at radius 2 is 2.00 bits per heavy atom. The van der Waals surface area contributed by atoms with Crippen LogP contribution in [0.15, 0.2) is 47.6 Å². The van der Waals surface area contributed by atoms with Gasteiger partial charge in [0.15, 0.2) is 22.5 Å². The van der Waals surface area contributed by atoms with E-state index in [0.29, 0.717) is 41.1 Å². The zero-order chi connectivity index (χ0) is 19.7. The molecule has 4 rings (SSSR count). The smallest absolute Gasteiger partial charge is 0.250 e. The lowest BCUT2D eigenvalue weighted by molar-refractivity contribution is 0.0868. The second-order valence-corrected chi connectivity index (χ2v) is 7.35. The zero-order valence-corrected chi connectivity index (χ0v) is 16.2. The first-order valence-corrected chi connectivity index (χ1v) is 9.70. The van der Waals surface area contributed by atoms with E-state index >= 15 is 0 Å². The van der Waals surface area contributed by atoms with Crippen LogP contribution < -0.4 is 9.47 Å². The first-order valence-electron chi connectivity index (χ1n) is 8.82. The molecule has 0 fully saturated rings. The monoisotopic (exact) mass is 399 g/mol. The molecule has 1 aromatic heterocycles. The van der Waals surface area contributed by atoms with Crippen LogP contribution in [-0.4, -0.2) is 34.4 Å². The van der Waals surface area contributed by atoms with Crippen molar-refractivity contribution in [2.75, 3.05) is 13.7 Å². The summed E-state index contributed by atoms with van der Waals surface area (Å²) >= 11 is 1.47. The number of rotatable bonds is 5. The third-order valence-electron chi connectivity index (χ3n) is 4.38. The number of aromatic nitrogens is 3. The number of hydrogen-bond acceptors (Lipinski definition) is 6. The summed E-state index contributed by atoms with van der Waals surface area (Å²) < 4.78 is 25.4. The van der Waals surface area contributed by atoms with Crippen molar-refractivity contribution in [2.45, 2.75) is 23.8 Å². The maximum Gasteiger partial charge on any atom is 0.250 e. The first-order chi connectivity index (χ1) is 13.6. The summed E-state index contributed by atoms with van der Waals surface area (Å²) in [6.07, 6.45) is 0.293. The molecule has 0 radical (unpaired) electrons. The lowest BCUT2D eigenvalue weighted by atomic mass is 10.1. The largest absolute Gasteiger partial charge is 0.493 e. The molecule has 1 atom stereocenters. The normalized spacial score (nSPS) is 16.0. The van der Waals surface area contributed by atoms with Crippen molar-refractivity contribution in [3.8, 4) is 22.9 Å². The van der Waals surface area contributed by atoms with Crippen LogP contribution >= 0.6 is 11.8 Å². The molecule has 2 heterocycles. The first kappa shape index (κ1) is 18.5. The topological polar surface area (TPSA) is 66.2 Å². The Hall–Kier alpha value is -2.87. The maximum atomic E-state index is 13.1. The molecular weight excluding hydrogens is 381 g/mol. The van der Waals surface area contributed by atoms with Crippen LogP contribution in [0.5, 0.6) is 11.5 Å². The molecule has 144 valence electrons. The number of thioether (sulfide) groups is 1. The Kier molecular flexibility index (Phi) is 5.04. The van der Waals surface area contributed by atoms with Crippen LogP contribution in [-0.2, 0) is 0 Å². The summed E-state index contributed by atoms with van der Waals surface area (Å²) in [7, 11) is 1.59. The molecule has 6 nitrogen and oxygen atoms in total. The van der Waals surface area contributed by atoms with Gasteiger partial charge in [0.25, 0.3) is 5.91 Å². The highest BCUT2D eigenvalue weighted by Crippen LogP contribution is 2.43. The average Bonchev–Trinajstić information content (AvgIpc) is 3.14. The van der Waals surface area contributed by atoms with E-state index in [9.17, 15) is 9.18 Å². The van der Waals surface area contributed by atoms with Crippen LogP contribution in [0.4, 0.5) is 4.39 Å². The SMILES string of the molecule is CCOc1ccc([C@@H]2CC(=O)n3nc(-c4ccc(F)cc4)nc3S2)cc1OC. The maximum absolute atomic E-state index is 13.1. The minimum absolute atomic E-state index is 0.102. The predicted octanol–water partition coefficient (Wildman–Crippen LogP) is 4.37. The lowest BCUT2D eigenvalue weighted by Gasteiger charge is -2.21. The van der Waals surface area contributed by atoms with Crippen molar-refractivity contribution in [1.29, 1.82) is 0 Å². The molecule has 0 unspecified atom stereocenters. The third kappa shape index (κ3) is 3.47. The van der Waals surface area contributed by atoms with E-state index < -0.39 is 0 Å². The van der Waals surface area contributed by atoms with Crippen molar-refractivity contribution < 1.29 is 18.7 Å². The molecule has 8 heteroatoms. The molecule has 0 saturated heterocycles. The summed E-state index contributed by atoms with van der Waals surface area (Å²) in [6.45, 7) is 2.45. The van der Waals surface area contributed by atoms with Crippen LogP contribution in [0.2, 0.25) is 0 Å². The number of methoxy groups -OCH3 is 1. The summed E-state index contributed by atoms with van der Waals surface area (Å²) in [5.74, 6) is 1.24. The number of halogens is 1. The fraction of sp³-hybridized carbons (Fsp3) is 0.250. The number of hydrogen-bond donors (Lipinski definition) is 0. The molecule has 2 aromatic carbocycles. The van der Waals surface area contributed by atoms with E-state index in [4.69, 9.17) is 9.47 Å². The molecule has 0 N–H and O–H groups in total. The quantitative estimate of drug-likeness (QED) is 0.635. The van der Waals surface area contributed by atoms with Crippen LogP contribution in [0.3, 0.4) is 0 Å². The van der Waals surface area contributed by atoms with Gasteiger partial charge in [-0.05, 0) is 48.9 Å². The van der Waals surface area contributed by atoms with Gasteiger partial charge in [-0.2, -0.15) is 4.68 Å². The molecule has 0 spiro atoms. The molecule has 0 aliphatic carbocycles. The number of fused-ring (bicyclic) bond motifs is 1. The van der Waals surface area contributed by atoms with Gasteiger partial charge in [-0.3, -0.25) is 4.79 Å². The van der Waals surface area contributed by atoms with Crippen molar-refractivity contribution in [3.63, 3.8) is 0 Å². The standard InChI is InChI=1S/C20H18FN3O3S/c1-3-27-15-9-6-13(10-16(15)26-2)17-11-18(25)24-20(28-17)22-19(23-24)12-4-7-14(21)8-5-12/h4-10,17H,3,11H2,1-2H3/t17-/m0/s1. The van der Waals surface area contributed by atoms with Gasteiger partial charge in [0.1, 0.15) is 5.82 Å². The van der Waals surface area contributed by atoms with Gasteiger partial charge in [0, 0.05) is 17.2 Å². The molecule has 0 amide bonds. The second-order valence-electron chi connectivity index (χ2n) is 6.18. The number of ether oxygens (including phenoxy) is 2. The van der Waals surface area contributed by atoms with Crippen molar-refractivity contribution in [2.24, 2.45) is 0 Å². The Morgan fingerprint density at radius 3 is 2.71 bits per heavy atom. The fourth-order valence-electron chi connectivity index (χ4n) is 3.02. The van der Waals surface area contributed by atoms with Gasteiger partial charge in [-0.15, -0.1) is 5.10 Å². The van der Waals surface area contributed by atoms with E-state index in [0.717, 1.165) is 5.56 Å². The van der Waals surface area contributed by atoms with E-state index in [2.05, 4.69) is 10.1 Å². The highest BCUT2D eigenvalue weighted by Gasteiger charge is 2.30. The Bertz CT molecular complexity index is 1020. The number of benzene rings is 2. The Labute approximate surface area is 165 Å². The van der Waals surface area contributed by atoms with Gasteiger partial charge in [-0.1, -0.05) is 17.8 Å². The molecule has 1 aliphatic rings. The summed E-state index contributed by atoms with van der Waals surface area (Å²) in [5, 5.41) is 4.72. The van der Waals surface area contributed by atoms with Crippen molar-refractivity contribution in [1.82, 2.24) is 14.8 Å². The van der Waals surface area contributed by atoms with Gasteiger partial charge < -0.3 is 9.47 Å². The van der Waals surface area contributed by atoms with Crippen LogP contribution in [0.1, 0.15) is 29.0 Å². The molecule has 0 saturated carbocycles. The van der Waals surface area contributed by atoms with Gasteiger partial charge in [0.2, 0.25) is 0 Å². The minimum Gasteiger partial charge on any atom is -0.493 e. The van der Waals surface area contributed by atoms with E-state index in [1.807, 2.05) is 25.1 Å². The van der Waals surface area contributed by atoms with E-state index in [1.165, 1.54) is 28.6 Å². The lowest BCUT2D eigenvalue weighted by Crippen LogP contribution is -2.21. The number of nitrogens with zero attached hydrogens (tertiary/aromatic N) is 3. The summed E-state index contributed by atoms with van der Waals surface area (Å²) in [4.78, 5) is 17.1. The molecule has 1 aliphatic heterocycles. The third-order valence-corrected chi connectivity index (χ3v) is 5.58. The molecular formula is C20H18FN3O3S. The van der Waals surface area contributed by atoms with Crippen molar-refractivity contribution >= 4 is 17.7 Å². The molecule has 3 aromatic rings.